The first-order chi connectivity index (χ1) is 10.6. The molecule has 0 radical (unpaired) electrons. The molecule has 4 rings (SSSR count). The Bertz CT molecular complexity index is 901. The van der Waals surface area contributed by atoms with E-state index < -0.39 is 0 Å². The van der Waals surface area contributed by atoms with Crippen molar-refractivity contribution in [3.63, 3.8) is 0 Å². The van der Waals surface area contributed by atoms with Crippen molar-refractivity contribution in [1.29, 1.82) is 0 Å². The number of halogens is 2. The van der Waals surface area contributed by atoms with Crippen LogP contribution in [-0.4, -0.2) is 17.4 Å². The number of carbonyl (C=O) groups is 1. The highest BCUT2D eigenvalue weighted by molar-refractivity contribution is 9.13. The highest BCUT2D eigenvalue weighted by Crippen LogP contribution is 2.33. The Balaban J connectivity index is 1.80. The third-order valence-corrected chi connectivity index (χ3v) is 5.93. The summed E-state index contributed by atoms with van der Waals surface area (Å²) >= 11 is 7.00. The van der Waals surface area contributed by atoms with E-state index in [1.165, 1.54) is 5.56 Å². The number of fused-ring (bicyclic) bond motifs is 2. The minimum Gasteiger partial charge on any atom is -0.360 e. The summed E-state index contributed by atoms with van der Waals surface area (Å²) in [6.07, 6.45) is 2.71. The maximum atomic E-state index is 13.0. The van der Waals surface area contributed by atoms with Crippen molar-refractivity contribution in [2.75, 3.05) is 11.4 Å². The van der Waals surface area contributed by atoms with E-state index in [0.717, 1.165) is 38.5 Å². The number of nitrogens with zero attached hydrogens (tertiary/aromatic N) is 1. The average molecular weight is 420 g/mol. The van der Waals surface area contributed by atoms with Crippen molar-refractivity contribution in [3.8, 4) is 0 Å². The summed E-state index contributed by atoms with van der Waals surface area (Å²) in [4.78, 5) is 18.0. The maximum Gasteiger partial charge on any atom is 0.260 e. The van der Waals surface area contributed by atoms with Crippen LogP contribution in [0.2, 0.25) is 0 Å². The van der Waals surface area contributed by atoms with Gasteiger partial charge in [0.05, 0.1) is 5.56 Å². The van der Waals surface area contributed by atoms with Gasteiger partial charge in [-0.05, 0) is 62.0 Å². The van der Waals surface area contributed by atoms with Crippen molar-refractivity contribution in [1.82, 2.24) is 4.98 Å². The first-order valence-corrected chi connectivity index (χ1v) is 8.59. The Morgan fingerprint density at radius 2 is 1.91 bits per heavy atom. The molecule has 1 N–H and O–H groups in total. The summed E-state index contributed by atoms with van der Waals surface area (Å²) in [5, 5.41) is 0.935. The first kappa shape index (κ1) is 14.0. The van der Waals surface area contributed by atoms with Gasteiger partial charge in [-0.25, -0.2) is 0 Å². The molecule has 0 spiro atoms. The van der Waals surface area contributed by atoms with Gasteiger partial charge in [-0.1, -0.05) is 18.2 Å². The Kier molecular flexibility index (Phi) is 3.35. The van der Waals surface area contributed by atoms with Crippen molar-refractivity contribution < 1.29 is 4.79 Å². The molecule has 1 aromatic heterocycles. The van der Waals surface area contributed by atoms with E-state index in [0.29, 0.717) is 5.56 Å². The van der Waals surface area contributed by atoms with E-state index in [-0.39, 0.29) is 5.91 Å². The van der Waals surface area contributed by atoms with Gasteiger partial charge in [0.1, 0.15) is 0 Å². The average Bonchev–Trinajstić information content (AvgIpc) is 3.11. The second-order valence-electron chi connectivity index (χ2n) is 5.35. The van der Waals surface area contributed by atoms with E-state index in [1.54, 1.807) is 6.20 Å². The largest absolute Gasteiger partial charge is 0.360 e. The van der Waals surface area contributed by atoms with Gasteiger partial charge < -0.3 is 9.88 Å². The number of H-pyrrole nitrogens is 1. The fraction of sp³-hybridized carbons (Fsp3) is 0.118. The molecular formula is C17H12Br2N2O. The Hall–Kier alpha value is -1.59. The number of aromatic amines is 1. The monoisotopic (exact) mass is 418 g/mol. The molecular weight excluding hydrogens is 408 g/mol. The van der Waals surface area contributed by atoms with Crippen molar-refractivity contribution in [3.05, 3.63) is 62.7 Å². The van der Waals surface area contributed by atoms with Crippen LogP contribution in [0.15, 0.2) is 51.5 Å². The first-order valence-electron chi connectivity index (χ1n) is 7.01. The van der Waals surface area contributed by atoms with Crippen molar-refractivity contribution in [2.45, 2.75) is 6.42 Å². The Morgan fingerprint density at radius 1 is 1.14 bits per heavy atom. The van der Waals surface area contributed by atoms with Gasteiger partial charge in [-0.3, -0.25) is 4.79 Å². The number of anilines is 1. The van der Waals surface area contributed by atoms with E-state index in [2.05, 4.69) is 42.9 Å². The van der Waals surface area contributed by atoms with E-state index in [1.807, 2.05) is 35.2 Å². The fourth-order valence-corrected chi connectivity index (χ4v) is 3.68. The lowest BCUT2D eigenvalue weighted by Crippen LogP contribution is -2.28. The number of rotatable bonds is 1. The third-order valence-electron chi connectivity index (χ3n) is 4.09. The highest BCUT2D eigenvalue weighted by Gasteiger charge is 2.26. The number of aromatic nitrogens is 1. The molecule has 1 aliphatic rings. The van der Waals surface area contributed by atoms with Gasteiger partial charge in [0, 0.05) is 38.3 Å². The molecule has 0 fully saturated rings. The molecule has 2 aromatic carbocycles. The lowest BCUT2D eigenvalue weighted by atomic mass is 10.1. The van der Waals surface area contributed by atoms with Crippen molar-refractivity contribution >= 4 is 54.4 Å². The van der Waals surface area contributed by atoms with Crippen LogP contribution in [0.25, 0.3) is 10.9 Å². The molecule has 110 valence electrons. The van der Waals surface area contributed by atoms with Crippen LogP contribution in [0.3, 0.4) is 0 Å². The Morgan fingerprint density at radius 3 is 2.77 bits per heavy atom. The number of benzene rings is 2. The smallest absolute Gasteiger partial charge is 0.260 e. The highest BCUT2D eigenvalue weighted by atomic mass is 79.9. The Labute approximate surface area is 144 Å². The molecule has 1 amide bonds. The molecule has 2 heterocycles. The van der Waals surface area contributed by atoms with Crippen molar-refractivity contribution in [2.24, 2.45) is 0 Å². The molecule has 0 saturated carbocycles. The maximum absolute atomic E-state index is 13.0. The van der Waals surface area contributed by atoms with Gasteiger partial charge in [0.2, 0.25) is 0 Å². The zero-order valence-electron chi connectivity index (χ0n) is 11.6. The minimum absolute atomic E-state index is 0.0467. The summed E-state index contributed by atoms with van der Waals surface area (Å²) in [5.74, 6) is 0.0467. The normalized spacial score (nSPS) is 13.6. The molecule has 0 saturated heterocycles. The molecule has 5 heteroatoms. The number of nitrogens with one attached hydrogen (secondary N) is 1. The summed E-state index contributed by atoms with van der Waals surface area (Å²) in [6, 6.07) is 12.1. The lowest BCUT2D eigenvalue weighted by molar-refractivity contribution is 0.0991. The number of hydrogen-bond donors (Lipinski definition) is 1. The predicted octanol–water partition coefficient (Wildman–Crippen LogP) is 4.90. The van der Waals surface area contributed by atoms with E-state index in [9.17, 15) is 4.79 Å². The number of carbonyl (C=O) groups excluding carboxylic acids is 1. The van der Waals surface area contributed by atoms with E-state index >= 15 is 0 Å². The minimum atomic E-state index is 0.0467. The second kappa shape index (κ2) is 5.25. The summed E-state index contributed by atoms with van der Waals surface area (Å²) in [5.41, 5.74) is 3.92. The zero-order valence-corrected chi connectivity index (χ0v) is 14.7. The van der Waals surface area contributed by atoms with Gasteiger partial charge in [0.15, 0.2) is 0 Å². The van der Waals surface area contributed by atoms with E-state index in [4.69, 9.17) is 0 Å². The summed E-state index contributed by atoms with van der Waals surface area (Å²) in [7, 11) is 0. The molecule has 0 bridgehead atoms. The van der Waals surface area contributed by atoms with Crippen LogP contribution in [0.5, 0.6) is 0 Å². The quantitative estimate of drug-likeness (QED) is 0.598. The van der Waals surface area contributed by atoms with Crippen LogP contribution in [0, 0.1) is 0 Å². The van der Waals surface area contributed by atoms with Gasteiger partial charge >= 0.3 is 0 Å². The molecule has 0 aliphatic carbocycles. The molecule has 22 heavy (non-hydrogen) atoms. The topological polar surface area (TPSA) is 36.1 Å². The molecule has 3 nitrogen and oxygen atoms in total. The van der Waals surface area contributed by atoms with Gasteiger partial charge in [-0.2, -0.15) is 0 Å². The SMILES string of the molecule is O=C(c1c[nH]c2cc(Br)c(Br)cc12)N1CCc2ccccc21. The van der Waals surface area contributed by atoms with Gasteiger partial charge in [0.25, 0.3) is 5.91 Å². The van der Waals surface area contributed by atoms with Crippen LogP contribution < -0.4 is 4.90 Å². The van der Waals surface area contributed by atoms with Crippen LogP contribution in [0.4, 0.5) is 5.69 Å². The summed E-state index contributed by atoms with van der Waals surface area (Å²) in [6.45, 7) is 0.739. The number of hydrogen-bond acceptors (Lipinski definition) is 1. The zero-order chi connectivity index (χ0) is 15.3. The third kappa shape index (κ3) is 2.11. The number of para-hydroxylation sites is 1. The fourth-order valence-electron chi connectivity index (χ4n) is 2.99. The molecule has 1 aliphatic heterocycles. The predicted molar refractivity (Wildman–Crippen MR) is 95.5 cm³/mol. The van der Waals surface area contributed by atoms with Crippen LogP contribution in [0.1, 0.15) is 15.9 Å². The lowest BCUT2D eigenvalue weighted by Gasteiger charge is -2.16. The number of amides is 1. The van der Waals surface area contributed by atoms with Crippen LogP contribution >= 0.6 is 31.9 Å². The molecule has 3 aromatic rings. The molecule has 0 atom stereocenters. The molecule has 0 unspecified atom stereocenters. The van der Waals surface area contributed by atoms with Crippen LogP contribution in [-0.2, 0) is 6.42 Å². The summed E-state index contributed by atoms with van der Waals surface area (Å²) < 4.78 is 1.91. The van der Waals surface area contributed by atoms with Gasteiger partial charge in [-0.15, -0.1) is 0 Å². The standard InChI is InChI=1S/C17H12Br2N2O/c18-13-7-11-12(9-20-15(11)8-14(13)19)17(22)21-6-5-10-3-1-2-4-16(10)21/h1-4,7-9,20H,5-6H2. The second-order valence-corrected chi connectivity index (χ2v) is 7.06.